The molecule has 0 bridgehead atoms. The van der Waals surface area contributed by atoms with Gasteiger partial charge in [0.15, 0.2) is 5.82 Å². The van der Waals surface area contributed by atoms with Gasteiger partial charge in [-0.25, -0.2) is 14.6 Å². The lowest BCUT2D eigenvalue weighted by Crippen LogP contribution is -2.49. The van der Waals surface area contributed by atoms with Crippen LogP contribution in [0.2, 0.25) is 0 Å². The van der Waals surface area contributed by atoms with Crippen LogP contribution in [0.4, 0.5) is 5.95 Å². The summed E-state index contributed by atoms with van der Waals surface area (Å²) in [7, 11) is 0. The fourth-order valence-corrected chi connectivity index (χ4v) is 4.50. The number of hydrogen-bond donors (Lipinski definition) is 0. The number of anilines is 1. The van der Waals surface area contributed by atoms with E-state index in [1.54, 1.807) is 24.2 Å². The van der Waals surface area contributed by atoms with Crippen molar-refractivity contribution in [1.29, 1.82) is 0 Å². The first kappa shape index (κ1) is 18.1. The topological polar surface area (TPSA) is 92.9 Å². The summed E-state index contributed by atoms with van der Waals surface area (Å²) < 4.78 is 1.96. The predicted molar refractivity (Wildman–Crippen MR) is 102 cm³/mol. The predicted octanol–water partition coefficient (Wildman–Crippen LogP) is 1.16. The number of thioether (sulfide) groups is 1. The summed E-state index contributed by atoms with van der Waals surface area (Å²) in [6.07, 6.45) is 8.28. The van der Waals surface area contributed by atoms with E-state index in [2.05, 4.69) is 30.4 Å². The zero-order valence-corrected chi connectivity index (χ0v) is 16.1. The number of piperazine rings is 1. The molecule has 1 saturated heterocycles. The summed E-state index contributed by atoms with van der Waals surface area (Å²) in [4.78, 5) is 25.1. The Labute approximate surface area is 162 Å². The van der Waals surface area contributed by atoms with Gasteiger partial charge in [0, 0.05) is 38.6 Å². The molecule has 0 aromatic carbocycles. The molecule has 1 amide bonds. The van der Waals surface area contributed by atoms with Crippen LogP contribution < -0.4 is 4.90 Å². The largest absolute Gasteiger partial charge is 0.338 e. The van der Waals surface area contributed by atoms with Gasteiger partial charge in [0.2, 0.25) is 11.9 Å². The number of carbonyl (C=O) groups is 1. The van der Waals surface area contributed by atoms with E-state index in [1.807, 2.05) is 15.6 Å². The van der Waals surface area contributed by atoms with Gasteiger partial charge in [-0.2, -0.15) is 0 Å². The first-order valence-corrected chi connectivity index (χ1v) is 10.6. The fourth-order valence-electron chi connectivity index (χ4n) is 3.67. The lowest BCUT2D eigenvalue weighted by molar-refractivity contribution is -0.128. The highest BCUT2D eigenvalue weighted by Gasteiger charge is 2.24. The highest BCUT2D eigenvalue weighted by atomic mass is 32.2. The van der Waals surface area contributed by atoms with Gasteiger partial charge in [0.1, 0.15) is 0 Å². The van der Waals surface area contributed by atoms with Crippen LogP contribution in [-0.2, 0) is 10.5 Å². The molecule has 0 N–H and O–H groups in total. The summed E-state index contributed by atoms with van der Waals surface area (Å²) in [5.74, 6) is 2.92. The molecule has 2 fully saturated rings. The molecule has 2 aromatic heterocycles. The van der Waals surface area contributed by atoms with E-state index in [0.717, 1.165) is 37.7 Å². The number of carbonyl (C=O) groups excluding carboxylic acids is 1. The van der Waals surface area contributed by atoms with Crippen molar-refractivity contribution in [3.63, 3.8) is 0 Å². The Hall–Kier alpha value is -2.23. The number of rotatable bonds is 6. The molecule has 0 atom stereocenters. The molecule has 10 heteroatoms. The second-order valence-corrected chi connectivity index (χ2v) is 7.87. The summed E-state index contributed by atoms with van der Waals surface area (Å²) in [6, 6.07) is 2.24. The molecule has 4 rings (SSSR count). The third kappa shape index (κ3) is 4.37. The van der Waals surface area contributed by atoms with Gasteiger partial charge in [-0.15, -0.1) is 16.9 Å². The molecule has 144 valence electrons. The van der Waals surface area contributed by atoms with Crippen molar-refractivity contribution in [2.75, 3.05) is 36.8 Å². The van der Waals surface area contributed by atoms with Gasteiger partial charge in [0.05, 0.1) is 17.5 Å². The summed E-state index contributed by atoms with van der Waals surface area (Å²) in [6.45, 7) is 2.94. The van der Waals surface area contributed by atoms with Crippen molar-refractivity contribution in [2.45, 2.75) is 37.5 Å². The van der Waals surface area contributed by atoms with E-state index in [9.17, 15) is 4.79 Å². The Kier molecular flexibility index (Phi) is 5.81. The Morgan fingerprint density at radius 3 is 2.59 bits per heavy atom. The molecule has 0 radical (unpaired) electrons. The maximum Gasteiger partial charge on any atom is 0.232 e. The molecule has 1 aliphatic heterocycles. The molecule has 1 aliphatic carbocycles. The van der Waals surface area contributed by atoms with Gasteiger partial charge >= 0.3 is 0 Å². The van der Waals surface area contributed by atoms with E-state index >= 15 is 0 Å². The fraction of sp³-hybridized carbons (Fsp3) is 0.647. The minimum atomic E-state index is 0.175. The van der Waals surface area contributed by atoms with Crippen LogP contribution in [0.25, 0.3) is 0 Å². The monoisotopic (exact) mass is 388 g/mol. The molecule has 2 aromatic rings. The molecular formula is C17H24N8OS. The van der Waals surface area contributed by atoms with E-state index < -0.39 is 0 Å². The number of aromatic nitrogens is 6. The second kappa shape index (κ2) is 8.64. The maximum atomic E-state index is 12.5. The number of nitrogens with zero attached hydrogens (tertiary/aromatic N) is 8. The van der Waals surface area contributed by atoms with E-state index in [4.69, 9.17) is 0 Å². The van der Waals surface area contributed by atoms with Crippen LogP contribution in [0.15, 0.2) is 18.5 Å². The van der Waals surface area contributed by atoms with Crippen LogP contribution in [0.5, 0.6) is 0 Å². The molecule has 27 heavy (non-hydrogen) atoms. The van der Waals surface area contributed by atoms with Crippen molar-refractivity contribution in [3.05, 3.63) is 24.3 Å². The highest BCUT2D eigenvalue weighted by Crippen LogP contribution is 2.29. The first-order chi connectivity index (χ1) is 13.3. The number of hydrogen-bond acceptors (Lipinski definition) is 8. The normalized spacial score (nSPS) is 18.2. The lowest BCUT2D eigenvalue weighted by Gasteiger charge is -2.34. The zero-order chi connectivity index (χ0) is 18.5. The average molecular weight is 389 g/mol. The Morgan fingerprint density at radius 2 is 1.85 bits per heavy atom. The third-order valence-electron chi connectivity index (χ3n) is 5.16. The Morgan fingerprint density at radius 1 is 1.11 bits per heavy atom. The van der Waals surface area contributed by atoms with Crippen molar-refractivity contribution >= 4 is 23.6 Å². The average Bonchev–Trinajstić information content (AvgIpc) is 3.40. The molecule has 1 saturated carbocycles. The van der Waals surface area contributed by atoms with Crippen LogP contribution in [0, 0.1) is 0 Å². The Balaban J connectivity index is 1.22. The molecule has 3 heterocycles. The van der Waals surface area contributed by atoms with Crippen molar-refractivity contribution in [1.82, 2.24) is 35.1 Å². The van der Waals surface area contributed by atoms with Gasteiger partial charge < -0.3 is 9.80 Å². The summed E-state index contributed by atoms with van der Waals surface area (Å²) in [5, 5.41) is 12.1. The third-order valence-corrected chi connectivity index (χ3v) is 6.07. The summed E-state index contributed by atoms with van der Waals surface area (Å²) >= 11 is 1.59. The molecule has 0 unspecified atom stereocenters. The second-order valence-electron chi connectivity index (χ2n) is 6.89. The SMILES string of the molecule is O=C(CSCc1nnnn1C1CCCC1)N1CCN(c2ncccn2)CC1. The standard InChI is InChI=1S/C17H24N8OS/c26-16(23-8-10-24(11-9-23)17-18-6-3-7-19-17)13-27-12-15-20-21-22-25(15)14-4-1-2-5-14/h3,6-7,14H,1-2,4-5,8-13H2. The first-order valence-electron chi connectivity index (χ1n) is 9.45. The van der Waals surface area contributed by atoms with Crippen LogP contribution in [-0.4, -0.2) is 72.9 Å². The molecular weight excluding hydrogens is 364 g/mol. The Bertz CT molecular complexity index is 740. The number of tetrazole rings is 1. The lowest BCUT2D eigenvalue weighted by atomic mass is 10.2. The quantitative estimate of drug-likeness (QED) is 0.728. The van der Waals surface area contributed by atoms with E-state index in [-0.39, 0.29) is 5.91 Å². The van der Waals surface area contributed by atoms with Gasteiger partial charge in [0.25, 0.3) is 0 Å². The molecule has 9 nitrogen and oxygen atoms in total. The number of amides is 1. The zero-order valence-electron chi connectivity index (χ0n) is 15.3. The van der Waals surface area contributed by atoms with Crippen molar-refractivity contribution in [3.8, 4) is 0 Å². The van der Waals surface area contributed by atoms with Gasteiger partial charge in [-0.05, 0) is 29.3 Å². The molecule has 2 aliphatic rings. The minimum Gasteiger partial charge on any atom is -0.338 e. The minimum absolute atomic E-state index is 0.175. The summed E-state index contributed by atoms with van der Waals surface area (Å²) in [5.41, 5.74) is 0. The van der Waals surface area contributed by atoms with E-state index in [0.29, 0.717) is 30.6 Å². The van der Waals surface area contributed by atoms with Crippen LogP contribution in [0.1, 0.15) is 37.5 Å². The van der Waals surface area contributed by atoms with Crippen LogP contribution in [0.3, 0.4) is 0 Å². The smallest absolute Gasteiger partial charge is 0.232 e. The maximum absolute atomic E-state index is 12.5. The van der Waals surface area contributed by atoms with Gasteiger partial charge in [-0.3, -0.25) is 4.79 Å². The van der Waals surface area contributed by atoms with Gasteiger partial charge in [-0.1, -0.05) is 12.8 Å². The highest BCUT2D eigenvalue weighted by molar-refractivity contribution is 7.99. The van der Waals surface area contributed by atoms with E-state index in [1.165, 1.54) is 12.8 Å². The van der Waals surface area contributed by atoms with Crippen LogP contribution >= 0.6 is 11.8 Å². The molecule has 0 spiro atoms. The van der Waals surface area contributed by atoms with Crippen molar-refractivity contribution < 1.29 is 4.79 Å². The van der Waals surface area contributed by atoms with Crippen molar-refractivity contribution in [2.24, 2.45) is 0 Å².